The van der Waals surface area contributed by atoms with Crippen LogP contribution in [0.4, 0.5) is 10.1 Å². The molecule has 1 N–H and O–H groups in total. The van der Waals surface area contributed by atoms with Crippen LogP contribution in [-0.2, 0) is 11.3 Å². The third-order valence-electron chi connectivity index (χ3n) is 2.90. The number of carboxylic acid groups (broad SMARTS) is 1. The minimum Gasteiger partial charge on any atom is -0.478 e. The summed E-state index contributed by atoms with van der Waals surface area (Å²) in [6.07, 6.45) is 2.21. The van der Waals surface area contributed by atoms with Crippen LogP contribution >= 0.6 is 11.3 Å². The molecule has 0 saturated heterocycles. The van der Waals surface area contributed by atoms with E-state index in [2.05, 4.69) is 4.98 Å². The van der Waals surface area contributed by atoms with E-state index in [9.17, 15) is 9.18 Å². The lowest BCUT2D eigenvalue weighted by molar-refractivity contribution is -0.131. The number of aryl methyl sites for hydroxylation is 1. The van der Waals surface area contributed by atoms with Gasteiger partial charge in [0.25, 0.3) is 0 Å². The zero-order valence-electron chi connectivity index (χ0n) is 11.7. The van der Waals surface area contributed by atoms with Gasteiger partial charge < -0.3 is 10.0 Å². The van der Waals surface area contributed by atoms with E-state index in [4.69, 9.17) is 5.11 Å². The highest BCUT2D eigenvalue weighted by molar-refractivity contribution is 7.09. The van der Waals surface area contributed by atoms with Gasteiger partial charge in [-0.1, -0.05) is 6.07 Å². The molecule has 4 nitrogen and oxygen atoms in total. The molecule has 0 atom stereocenters. The Balaban J connectivity index is 2.29. The number of benzene rings is 1. The molecule has 0 fully saturated rings. The third-order valence-corrected chi connectivity index (χ3v) is 3.72. The molecule has 0 aliphatic carbocycles. The molecule has 0 saturated carbocycles. The van der Waals surface area contributed by atoms with Crippen LogP contribution in [0.3, 0.4) is 0 Å². The Morgan fingerprint density at radius 2 is 2.29 bits per heavy atom. The normalized spacial score (nSPS) is 11.0. The average Bonchev–Trinajstić information content (AvgIpc) is 2.82. The first kappa shape index (κ1) is 15.2. The van der Waals surface area contributed by atoms with E-state index < -0.39 is 11.8 Å². The summed E-state index contributed by atoms with van der Waals surface area (Å²) in [5.41, 5.74) is 1.78. The van der Waals surface area contributed by atoms with E-state index in [1.165, 1.54) is 12.1 Å². The van der Waals surface area contributed by atoms with E-state index in [-0.39, 0.29) is 5.56 Å². The van der Waals surface area contributed by atoms with Crippen LogP contribution in [-0.4, -0.2) is 23.1 Å². The van der Waals surface area contributed by atoms with Gasteiger partial charge in [-0.3, -0.25) is 0 Å². The molecule has 110 valence electrons. The Bertz CT molecular complexity index is 682. The van der Waals surface area contributed by atoms with Gasteiger partial charge in [-0.2, -0.15) is 0 Å². The zero-order chi connectivity index (χ0) is 15.4. The van der Waals surface area contributed by atoms with E-state index in [1.807, 2.05) is 24.3 Å². The number of aliphatic carboxylic acids is 1. The van der Waals surface area contributed by atoms with Crippen molar-refractivity contribution in [2.75, 3.05) is 11.9 Å². The Morgan fingerprint density at radius 1 is 1.52 bits per heavy atom. The molecule has 0 aliphatic heterocycles. The van der Waals surface area contributed by atoms with Crippen molar-refractivity contribution in [2.24, 2.45) is 0 Å². The summed E-state index contributed by atoms with van der Waals surface area (Å²) in [4.78, 5) is 16.8. The highest BCUT2D eigenvalue weighted by atomic mass is 32.1. The fraction of sp³-hybridized carbons (Fsp3) is 0.200. The minimum atomic E-state index is -1.11. The second-order valence-corrected chi connectivity index (χ2v) is 5.62. The van der Waals surface area contributed by atoms with Crippen LogP contribution in [0, 0.1) is 12.7 Å². The maximum absolute atomic E-state index is 13.9. The van der Waals surface area contributed by atoms with Crippen molar-refractivity contribution in [3.8, 4) is 0 Å². The fourth-order valence-corrected chi connectivity index (χ4v) is 2.59. The lowest BCUT2D eigenvalue weighted by Crippen LogP contribution is -2.18. The number of nitrogens with zero attached hydrogens (tertiary/aromatic N) is 2. The standard InChI is InChI=1S/C15H15FN2O2S/c1-10-17-11(9-21-10)8-18(2)14-5-3-4-13(16)12(14)6-7-15(19)20/h3-7,9H,8H2,1-2H3,(H,19,20)/b7-6+. The van der Waals surface area contributed by atoms with Crippen LogP contribution in [0.2, 0.25) is 0 Å². The van der Waals surface area contributed by atoms with Gasteiger partial charge in [0.05, 0.1) is 17.2 Å². The Kier molecular flexibility index (Phi) is 4.70. The van der Waals surface area contributed by atoms with Crippen molar-refractivity contribution in [1.82, 2.24) is 4.98 Å². The number of anilines is 1. The van der Waals surface area contributed by atoms with Crippen molar-refractivity contribution in [3.05, 3.63) is 51.7 Å². The molecule has 0 aliphatic rings. The van der Waals surface area contributed by atoms with Gasteiger partial charge in [0.2, 0.25) is 0 Å². The molecular formula is C15H15FN2O2S. The predicted molar refractivity (Wildman–Crippen MR) is 82.0 cm³/mol. The van der Waals surface area contributed by atoms with Gasteiger partial charge in [-0.15, -0.1) is 11.3 Å². The summed E-state index contributed by atoms with van der Waals surface area (Å²) in [6, 6.07) is 4.67. The fourth-order valence-electron chi connectivity index (χ4n) is 1.99. The molecule has 1 heterocycles. The molecular weight excluding hydrogens is 291 g/mol. The Hall–Kier alpha value is -2.21. The molecule has 6 heteroatoms. The number of hydrogen-bond donors (Lipinski definition) is 1. The number of rotatable bonds is 5. The first-order valence-corrected chi connectivity index (χ1v) is 7.17. The van der Waals surface area contributed by atoms with Crippen molar-refractivity contribution in [3.63, 3.8) is 0 Å². The van der Waals surface area contributed by atoms with Crippen LogP contribution in [0.25, 0.3) is 6.08 Å². The topological polar surface area (TPSA) is 53.4 Å². The molecule has 1 aromatic carbocycles. The molecule has 21 heavy (non-hydrogen) atoms. The number of carboxylic acids is 1. The molecule has 1 aromatic heterocycles. The number of thiazole rings is 1. The quantitative estimate of drug-likeness (QED) is 0.861. The van der Waals surface area contributed by atoms with Gasteiger partial charge >= 0.3 is 5.97 Å². The molecule has 0 unspecified atom stereocenters. The Morgan fingerprint density at radius 3 is 2.90 bits per heavy atom. The van der Waals surface area contributed by atoms with Gasteiger partial charge in [0.15, 0.2) is 0 Å². The van der Waals surface area contributed by atoms with Crippen LogP contribution in [0.15, 0.2) is 29.7 Å². The van der Waals surface area contributed by atoms with E-state index in [0.717, 1.165) is 16.8 Å². The van der Waals surface area contributed by atoms with Crippen molar-refractivity contribution >= 4 is 29.1 Å². The summed E-state index contributed by atoms with van der Waals surface area (Å²) >= 11 is 1.56. The summed E-state index contributed by atoms with van der Waals surface area (Å²) < 4.78 is 13.9. The predicted octanol–water partition coefficient (Wildman–Crippen LogP) is 3.32. The first-order chi connectivity index (χ1) is 9.97. The molecule has 0 spiro atoms. The molecule has 2 rings (SSSR count). The highest BCUT2D eigenvalue weighted by Gasteiger charge is 2.11. The molecule has 0 radical (unpaired) electrons. The van der Waals surface area contributed by atoms with Gasteiger partial charge in [-0.05, 0) is 25.1 Å². The van der Waals surface area contributed by atoms with Crippen molar-refractivity contribution in [2.45, 2.75) is 13.5 Å². The van der Waals surface area contributed by atoms with Crippen LogP contribution in [0.1, 0.15) is 16.3 Å². The molecule has 0 amide bonds. The number of aromatic nitrogens is 1. The monoisotopic (exact) mass is 306 g/mol. The minimum absolute atomic E-state index is 0.259. The van der Waals surface area contributed by atoms with Gasteiger partial charge in [0.1, 0.15) is 5.82 Å². The maximum Gasteiger partial charge on any atom is 0.328 e. The van der Waals surface area contributed by atoms with E-state index in [0.29, 0.717) is 12.2 Å². The second kappa shape index (κ2) is 6.49. The van der Waals surface area contributed by atoms with Gasteiger partial charge in [-0.25, -0.2) is 14.2 Å². The van der Waals surface area contributed by atoms with Crippen LogP contribution < -0.4 is 4.90 Å². The summed E-state index contributed by atoms with van der Waals surface area (Å²) in [6.45, 7) is 2.46. The lowest BCUT2D eigenvalue weighted by atomic mass is 10.1. The molecule has 0 bridgehead atoms. The summed E-state index contributed by atoms with van der Waals surface area (Å²) in [5, 5.41) is 11.6. The average molecular weight is 306 g/mol. The smallest absolute Gasteiger partial charge is 0.328 e. The second-order valence-electron chi connectivity index (χ2n) is 4.56. The maximum atomic E-state index is 13.9. The molecule has 2 aromatic rings. The number of halogens is 1. The number of hydrogen-bond acceptors (Lipinski definition) is 4. The largest absolute Gasteiger partial charge is 0.478 e. The zero-order valence-corrected chi connectivity index (χ0v) is 12.5. The lowest BCUT2D eigenvalue weighted by Gasteiger charge is -2.20. The van der Waals surface area contributed by atoms with Gasteiger partial charge in [0, 0.05) is 29.8 Å². The third kappa shape index (κ3) is 3.88. The summed E-state index contributed by atoms with van der Waals surface area (Å²) in [7, 11) is 1.82. The SMILES string of the molecule is Cc1nc(CN(C)c2cccc(F)c2/C=C/C(=O)O)cs1. The Labute approximate surface area is 126 Å². The highest BCUT2D eigenvalue weighted by Crippen LogP contribution is 2.25. The van der Waals surface area contributed by atoms with Crippen molar-refractivity contribution < 1.29 is 14.3 Å². The van der Waals surface area contributed by atoms with E-state index >= 15 is 0 Å². The van der Waals surface area contributed by atoms with Crippen molar-refractivity contribution in [1.29, 1.82) is 0 Å². The van der Waals surface area contributed by atoms with Crippen LogP contribution in [0.5, 0.6) is 0 Å². The first-order valence-electron chi connectivity index (χ1n) is 6.29. The number of carbonyl (C=O) groups is 1. The summed E-state index contributed by atoms with van der Waals surface area (Å²) in [5.74, 6) is -1.56. The van der Waals surface area contributed by atoms with E-state index in [1.54, 1.807) is 23.5 Å².